The van der Waals surface area contributed by atoms with Gasteiger partial charge in [-0.25, -0.2) is 8.78 Å². The summed E-state index contributed by atoms with van der Waals surface area (Å²) in [5, 5.41) is 7.48. The lowest BCUT2D eigenvalue weighted by Gasteiger charge is -2.36. The van der Waals surface area contributed by atoms with Crippen LogP contribution in [-0.2, 0) is 11.2 Å². The fourth-order valence-corrected chi connectivity index (χ4v) is 6.47. The van der Waals surface area contributed by atoms with E-state index in [0.29, 0.717) is 65.7 Å². The van der Waals surface area contributed by atoms with Crippen LogP contribution in [-0.4, -0.2) is 84.8 Å². The van der Waals surface area contributed by atoms with Gasteiger partial charge in [0.1, 0.15) is 34.3 Å². The van der Waals surface area contributed by atoms with E-state index in [1.54, 1.807) is 24.5 Å². The number of furan rings is 1. The lowest BCUT2D eigenvalue weighted by molar-refractivity contribution is 0.266. The van der Waals surface area contributed by atoms with Gasteiger partial charge in [-0.2, -0.15) is 24.0 Å². The predicted molar refractivity (Wildman–Crippen MR) is 146 cm³/mol. The van der Waals surface area contributed by atoms with E-state index in [-0.39, 0.29) is 11.9 Å². The molecule has 39 heavy (non-hydrogen) atoms. The number of nitrogen functional groups attached to an aromatic ring is 1. The summed E-state index contributed by atoms with van der Waals surface area (Å²) in [5.74, 6) is 2.08. The standard InChI is InChI=1S/C25H30F2N9O2S/c26-18-15-19(27)20(14-17(18)16-3-12-39(37)13-4-16)35-9-7-34(8-10-35)6-5-29-24-31-23(28)36-25(32-24)30-22(33-36)21-2-1-11-38-21/h1-2,11,14-16,37H,3-10,12-13H2,(H3,28,29,30,31,32,33)/q+1. The number of nitrogens with two attached hydrogens (primary N) is 1. The van der Waals surface area contributed by atoms with Crippen molar-refractivity contribution >= 4 is 34.5 Å². The summed E-state index contributed by atoms with van der Waals surface area (Å²) in [6.07, 6.45) is 3.00. The summed E-state index contributed by atoms with van der Waals surface area (Å²) >= 11 is -0.579. The summed E-state index contributed by atoms with van der Waals surface area (Å²) in [6.45, 7) is 4.06. The van der Waals surface area contributed by atoms with E-state index in [1.165, 1.54) is 4.52 Å². The minimum absolute atomic E-state index is 0.0255. The number of nitrogens with zero attached hydrogens (tertiary/aromatic N) is 7. The van der Waals surface area contributed by atoms with Crippen LogP contribution in [0.3, 0.4) is 0 Å². The van der Waals surface area contributed by atoms with Crippen molar-refractivity contribution in [2.24, 2.45) is 0 Å². The van der Waals surface area contributed by atoms with E-state index in [2.05, 4.69) is 30.3 Å². The van der Waals surface area contributed by atoms with Crippen LogP contribution in [0.2, 0.25) is 0 Å². The number of halogens is 2. The Bertz CT molecular complexity index is 1440. The third-order valence-corrected chi connectivity index (χ3v) is 8.72. The molecule has 6 rings (SSSR count). The average Bonchev–Trinajstić information content (AvgIpc) is 3.61. The molecule has 0 spiro atoms. The first-order chi connectivity index (χ1) is 18.9. The van der Waals surface area contributed by atoms with Gasteiger partial charge in [-0.05, 0) is 29.7 Å². The highest BCUT2D eigenvalue weighted by atomic mass is 32.2. The molecule has 3 aromatic heterocycles. The van der Waals surface area contributed by atoms with Gasteiger partial charge >= 0.3 is 0 Å². The van der Waals surface area contributed by atoms with Crippen LogP contribution in [0.25, 0.3) is 17.4 Å². The predicted octanol–water partition coefficient (Wildman–Crippen LogP) is 2.84. The minimum Gasteiger partial charge on any atom is -0.461 e. The summed E-state index contributed by atoms with van der Waals surface area (Å²) in [4.78, 5) is 17.3. The van der Waals surface area contributed by atoms with Crippen LogP contribution in [0.5, 0.6) is 0 Å². The van der Waals surface area contributed by atoms with Crippen molar-refractivity contribution in [1.82, 2.24) is 29.5 Å². The van der Waals surface area contributed by atoms with E-state index in [1.807, 2.05) is 4.90 Å². The molecule has 0 atom stereocenters. The third kappa shape index (κ3) is 5.49. The molecule has 2 aliphatic rings. The molecule has 206 valence electrons. The smallest absolute Gasteiger partial charge is 0.259 e. The Hall–Kier alpha value is -3.49. The Morgan fingerprint density at radius 2 is 1.87 bits per heavy atom. The van der Waals surface area contributed by atoms with E-state index in [0.717, 1.165) is 38.5 Å². The van der Waals surface area contributed by atoms with E-state index in [9.17, 15) is 13.3 Å². The van der Waals surface area contributed by atoms with Crippen LogP contribution < -0.4 is 16.0 Å². The molecule has 1 aromatic carbocycles. The molecule has 0 radical (unpaired) electrons. The molecule has 0 bridgehead atoms. The minimum atomic E-state index is -0.579. The molecule has 14 heteroatoms. The second-order valence-corrected chi connectivity index (χ2v) is 11.5. The van der Waals surface area contributed by atoms with E-state index in [4.69, 9.17) is 10.2 Å². The molecule has 2 aliphatic heterocycles. The van der Waals surface area contributed by atoms with E-state index >= 15 is 0 Å². The Morgan fingerprint density at radius 3 is 2.62 bits per heavy atom. The number of aromatic nitrogens is 5. The second-order valence-electron chi connectivity index (χ2n) is 9.76. The van der Waals surface area contributed by atoms with Crippen molar-refractivity contribution in [3.8, 4) is 11.6 Å². The van der Waals surface area contributed by atoms with Crippen molar-refractivity contribution in [1.29, 1.82) is 0 Å². The fourth-order valence-electron chi connectivity index (χ4n) is 5.16. The molecule has 2 saturated heterocycles. The van der Waals surface area contributed by atoms with Gasteiger partial charge in [-0.15, -0.1) is 5.10 Å². The lowest BCUT2D eigenvalue weighted by atomic mass is 9.92. The number of anilines is 3. The van der Waals surface area contributed by atoms with Gasteiger partial charge in [0, 0.05) is 58.2 Å². The molecule has 0 saturated carbocycles. The van der Waals surface area contributed by atoms with Crippen LogP contribution >= 0.6 is 0 Å². The first kappa shape index (κ1) is 25.8. The van der Waals surface area contributed by atoms with Crippen LogP contribution in [0, 0.1) is 11.6 Å². The van der Waals surface area contributed by atoms with Gasteiger partial charge in [0.2, 0.25) is 17.7 Å². The summed E-state index contributed by atoms with van der Waals surface area (Å²) in [6, 6.07) is 6.21. The highest BCUT2D eigenvalue weighted by Gasteiger charge is 2.31. The van der Waals surface area contributed by atoms with Crippen molar-refractivity contribution in [3.63, 3.8) is 0 Å². The zero-order valence-electron chi connectivity index (χ0n) is 21.3. The highest BCUT2D eigenvalue weighted by molar-refractivity contribution is 7.91. The largest absolute Gasteiger partial charge is 0.461 e. The second kappa shape index (κ2) is 10.9. The Morgan fingerprint density at radius 1 is 1.08 bits per heavy atom. The van der Waals surface area contributed by atoms with Crippen molar-refractivity contribution < 1.29 is 17.8 Å². The molecule has 0 unspecified atom stereocenters. The topological polar surface area (TPSA) is 134 Å². The van der Waals surface area contributed by atoms with Crippen LogP contribution in [0.15, 0.2) is 34.9 Å². The lowest BCUT2D eigenvalue weighted by Crippen LogP contribution is -2.48. The molecule has 4 N–H and O–H groups in total. The van der Waals surface area contributed by atoms with Gasteiger partial charge in [0.15, 0.2) is 5.76 Å². The number of rotatable bonds is 7. The van der Waals surface area contributed by atoms with Crippen LogP contribution in [0.1, 0.15) is 24.3 Å². The SMILES string of the molecule is Nc1nc(NCCN2CCN(c3cc(C4CC[S+](O)CC4)c(F)cc3F)CC2)nc2nc(-c3ccco3)nn12. The first-order valence-electron chi connectivity index (χ1n) is 13.0. The first-order valence-corrected chi connectivity index (χ1v) is 14.5. The normalized spacial score (nSPS) is 20.5. The Labute approximate surface area is 226 Å². The summed E-state index contributed by atoms with van der Waals surface area (Å²) < 4.78 is 45.9. The number of benzene rings is 1. The molecular formula is C25H30F2N9O2S+. The maximum absolute atomic E-state index is 14.8. The Balaban J connectivity index is 1.04. The molecule has 0 aliphatic carbocycles. The number of piperazine rings is 1. The molecule has 0 amide bonds. The maximum atomic E-state index is 14.8. The van der Waals surface area contributed by atoms with E-state index < -0.39 is 22.8 Å². The molecule has 4 aromatic rings. The van der Waals surface area contributed by atoms with Gasteiger partial charge < -0.3 is 20.4 Å². The Kier molecular flexibility index (Phi) is 7.23. The van der Waals surface area contributed by atoms with Gasteiger partial charge in [0.25, 0.3) is 5.78 Å². The molecule has 2 fully saturated rings. The number of hydrogen-bond acceptors (Lipinski definition) is 10. The van der Waals surface area contributed by atoms with Crippen molar-refractivity contribution in [2.75, 3.05) is 66.7 Å². The van der Waals surface area contributed by atoms with Crippen molar-refractivity contribution in [2.45, 2.75) is 18.8 Å². The van der Waals surface area contributed by atoms with Crippen LogP contribution in [0.4, 0.5) is 26.4 Å². The van der Waals surface area contributed by atoms with Crippen molar-refractivity contribution in [3.05, 3.63) is 47.7 Å². The third-order valence-electron chi connectivity index (χ3n) is 7.31. The van der Waals surface area contributed by atoms with Gasteiger partial charge in [-0.3, -0.25) is 4.90 Å². The zero-order chi connectivity index (χ0) is 26.9. The highest BCUT2D eigenvalue weighted by Crippen LogP contribution is 2.35. The molecule has 11 nitrogen and oxygen atoms in total. The zero-order valence-corrected chi connectivity index (χ0v) is 22.1. The van der Waals surface area contributed by atoms with Gasteiger partial charge in [0.05, 0.1) is 12.0 Å². The number of fused-ring (bicyclic) bond motifs is 1. The fraction of sp³-hybridized carbons (Fsp3) is 0.440. The maximum Gasteiger partial charge on any atom is 0.259 e. The number of nitrogens with one attached hydrogen (secondary N) is 1. The van der Waals surface area contributed by atoms with Gasteiger partial charge in [-0.1, -0.05) is 0 Å². The average molecular weight is 559 g/mol. The number of hydrogen-bond donors (Lipinski definition) is 3. The summed E-state index contributed by atoms with van der Waals surface area (Å²) in [7, 11) is 0. The monoisotopic (exact) mass is 558 g/mol. The molecule has 5 heterocycles. The quantitative estimate of drug-likeness (QED) is 0.291. The summed E-state index contributed by atoms with van der Waals surface area (Å²) in [5.41, 5.74) is 7.07. The molecular weight excluding hydrogens is 528 g/mol.